The largest absolute Gasteiger partial charge is 0.372 e. The third kappa shape index (κ3) is 3.20. The maximum atomic E-state index is 9.15. The molecular formula is C8H13N3OS. The first-order valence-corrected chi connectivity index (χ1v) is 5.29. The number of hydrogen-bond donors (Lipinski definition) is 2. The summed E-state index contributed by atoms with van der Waals surface area (Å²) in [6, 6.07) is 1.89. The molecule has 13 heavy (non-hydrogen) atoms. The van der Waals surface area contributed by atoms with Crippen molar-refractivity contribution in [1.82, 2.24) is 10.2 Å². The molecule has 0 fully saturated rings. The van der Waals surface area contributed by atoms with Crippen molar-refractivity contribution in [1.29, 1.82) is 0 Å². The van der Waals surface area contributed by atoms with Crippen LogP contribution in [0.15, 0.2) is 16.1 Å². The van der Waals surface area contributed by atoms with Gasteiger partial charge in [0.25, 0.3) is 0 Å². The van der Waals surface area contributed by atoms with Crippen molar-refractivity contribution in [2.45, 2.75) is 24.6 Å². The van der Waals surface area contributed by atoms with Gasteiger partial charge in [0.15, 0.2) is 0 Å². The van der Waals surface area contributed by atoms with Gasteiger partial charge in [-0.25, -0.2) is 0 Å². The highest BCUT2D eigenvalue weighted by molar-refractivity contribution is 7.98. The number of aromatic amines is 1. The monoisotopic (exact) mass is 199 g/mol. The minimum Gasteiger partial charge on any atom is -0.372 e. The molecule has 1 atom stereocenters. The number of H-pyrrole nitrogens is 1. The van der Waals surface area contributed by atoms with Gasteiger partial charge in [-0.1, -0.05) is 6.92 Å². The van der Waals surface area contributed by atoms with Gasteiger partial charge >= 0.3 is 0 Å². The normalized spacial score (nSPS) is 13.8. The first kappa shape index (κ1) is 10.3. The highest BCUT2D eigenvalue weighted by Crippen LogP contribution is 2.10. The average molecular weight is 199 g/mol. The molecule has 1 rings (SSSR count). The summed E-state index contributed by atoms with van der Waals surface area (Å²) in [5.74, 6) is 0. The lowest BCUT2D eigenvalue weighted by Crippen LogP contribution is -1.99. The van der Waals surface area contributed by atoms with Crippen LogP contribution in [0.5, 0.6) is 0 Å². The zero-order valence-electron chi connectivity index (χ0n) is 7.69. The van der Waals surface area contributed by atoms with E-state index >= 15 is 0 Å². The van der Waals surface area contributed by atoms with Gasteiger partial charge < -0.3 is 5.11 Å². The predicted octanol–water partition coefficient (Wildman–Crippen LogP) is 1.28. The number of aliphatic hydroxyl groups excluding tert-OH is 1. The summed E-state index contributed by atoms with van der Waals surface area (Å²) in [5, 5.41) is 16.9. The Labute approximate surface area is 81.5 Å². The van der Waals surface area contributed by atoms with Crippen LogP contribution in [-0.4, -0.2) is 34.0 Å². The first-order valence-electron chi connectivity index (χ1n) is 4.07. The Morgan fingerprint density at radius 2 is 2.62 bits per heavy atom. The molecule has 2 N–H and O–H groups in total. The van der Waals surface area contributed by atoms with E-state index in [4.69, 9.17) is 5.11 Å². The van der Waals surface area contributed by atoms with Crippen LogP contribution in [0, 0.1) is 0 Å². The molecule has 0 aromatic carbocycles. The summed E-state index contributed by atoms with van der Waals surface area (Å²) in [4.78, 5) is 3.91. The van der Waals surface area contributed by atoms with Crippen LogP contribution in [0.1, 0.15) is 19.0 Å². The molecule has 0 aliphatic carbocycles. The van der Waals surface area contributed by atoms with Crippen molar-refractivity contribution in [3.63, 3.8) is 0 Å². The summed E-state index contributed by atoms with van der Waals surface area (Å²) in [6.45, 7) is 1.88. The minimum atomic E-state index is -0.610. The molecule has 1 aromatic heterocycles. The number of rotatable bonds is 4. The maximum Gasteiger partial charge on any atom is 0.144 e. The number of aliphatic imine (C=N–C) groups is 1. The van der Waals surface area contributed by atoms with Crippen LogP contribution in [0.2, 0.25) is 0 Å². The molecule has 1 heterocycles. The van der Waals surface area contributed by atoms with E-state index in [1.54, 1.807) is 18.0 Å². The van der Waals surface area contributed by atoms with Gasteiger partial charge in [0.05, 0.1) is 5.69 Å². The van der Waals surface area contributed by atoms with Crippen LogP contribution < -0.4 is 0 Å². The molecule has 72 valence electrons. The van der Waals surface area contributed by atoms with Crippen LogP contribution in [0.4, 0.5) is 0 Å². The summed E-state index contributed by atoms with van der Waals surface area (Å²) in [7, 11) is 0. The molecule has 5 heteroatoms. The number of thioether (sulfide) groups is 1. The first-order chi connectivity index (χ1) is 6.26. The lowest BCUT2D eigenvalue weighted by molar-refractivity contribution is 0.181. The quantitative estimate of drug-likeness (QED) is 0.567. The van der Waals surface area contributed by atoms with E-state index in [0.29, 0.717) is 6.42 Å². The summed E-state index contributed by atoms with van der Waals surface area (Å²) in [6.07, 6.45) is 3.57. The second-order valence-electron chi connectivity index (χ2n) is 2.53. The SMILES string of the molecule is CCC(O)/N=C/c1cc(SC)n[nH]1. The fourth-order valence-corrected chi connectivity index (χ4v) is 1.14. The third-order valence-electron chi connectivity index (χ3n) is 1.53. The summed E-state index contributed by atoms with van der Waals surface area (Å²) in [5.41, 5.74) is 0.817. The molecule has 0 amide bonds. The molecule has 0 bridgehead atoms. The van der Waals surface area contributed by atoms with Crippen molar-refractivity contribution in [3.05, 3.63) is 11.8 Å². The Bertz CT molecular complexity index is 285. The lowest BCUT2D eigenvalue weighted by Gasteiger charge is -1.96. The Kier molecular flexibility index (Phi) is 3.98. The maximum absolute atomic E-state index is 9.15. The van der Waals surface area contributed by atoms with Gasteiger partial charge in [-0.05, 0) is 18.7 Å². The van der Waals surface area contributed by atoms with E-state index < -0.39 is 6.23 Å². The molecule has 1 unspecified atom stereocenters. The second kappa shape index (κ2) is 5.04. The predicted molar refractivity (Wildman–Crippen MR) is 54.3 cm³/mol. The Morgan fingerprint density at radius 3 is 3.15 bits per heavy atom. The van der Waals surface area contributed by atoms with E-state index in [2.05, 4.69) is 15.2 Å². The highest BCUT2D eigenvalue weighted by atomic mass is 32.2. The van der Waals surface area contributed by atoms with Gasteiger partial charge in [0, 0.05) is 6.21 Å². The van der Waals surface area contributed by atoms with Gasteiger partial charge in [0.1, 0.15) is 11.3 Å². The summed E-state index contributed by atoms with van der Waals surface area (Å²) >= 11 is 1.56. The zero-order chi connectivity index (χ0) is 9.68. The number of nitrogens with zero attached hydrogens (tertiary/aromatic N) is 2. The second-order valence-corrected chi connectivity index (χ2v) is 3.36. The van der Waals surface area contributed by atoms with Crippen molar-refractivity contribution >= 4 is 18.0 Å². The fourth-order valence-electron chi connectivity index (χ4n) is 0.760. The Balaban J connectivity index is 2.58. The molecule has 0 saturated carbocycles. The van der Waals surface area contributed by atoms with Gasteiger partial charge in [0.2, 0.25) is 0 Å². The van der Waals surface area contributed by atoms with E-state index in [9.17, 15) is 0 Å². The van der Waals surface area contributed by atoms with Crippen LogP contribution in [0.3, 0.4) is 0 Å². The van der Waals surface area contributed by atoms with Crippen molar-refractivity contribution in [2.24, 2.45) is 4.99 Å². The zero-order valence-corrected chi connectivity index (χ0v) is 8.51. The molecule has 0 radical (unpaired) electrons. The van der Waals surface area contributed by atoms with Crippen molar-refractivity contribution < 1.29 is 5.11 Å². The van der Waals surface area contributed by atoms with E-state index in [0.717, 1.165) is 10.7 Å². The molecule has 0 saturated heterocycles. The molecule has 0 aliphatic rings. The molecular weight excluding hydrogens is 186 g/mol. The molecule has 1 aromatic rings. The van der Waals surface area contributed by atoms with Crippen LogP contribution in [-0.2, 0) is 0 Å². The fraction of sp³-hybridized carbons (Fsp3) is 0.500. The standard InChI is InChI=1S/C8H13N3OS/c1-3-7(12)9-5-6-4-8(13-2)11-10-6/h4-5,7,12H,3H2,1-2H3,(H,10,11)/b9-5+. The molecule has 0 aliphatic heterocycles. The average Bonchev–Trinajstić information content (AvgIpc) is 2.61. The van der Waals surface area contributed by atoms with Gasteiger partial charge in [-0.3, -0.25) is 10.1 Å². The van der Waals surface area contributed by atoms with Gasteiger partial charge in [-0.2, -0.15) is 5.10 Å². The van der Waals surface area contributed by atoms with Crippen molar-refractivity contribution in [3.8, 4) is 0 Å². The molecule has 0 spiro atoms. The van der Waals surface area contributed by atoms with E-state index in [1.165, 1.54) is 0 Å². The van der Waals surface area contributed by atoms with Crippen LogP contribution >= 0.6 is 11.8 Å². The number of nitrogens with one attached hydrogen (secondary N) is 1. The highest BCUT2D eigenvalue weighted by Gasteiger charge is 1.97. The van der Waals surface area contributed by atoms with Crippen molar-refractivity contribution in [2.75, 3.05) is 6.26 Å². The topological polar surface area (TPSA) is 61.3 Å². The minimum absolute atomic E-state index is 0.610. The van der Waals surface area contributed by atoms with E-state index in [1.807, 2.05) is 19.2 Å². The molecule has 4 nitrogen and oxygen atoms in total. The Hall–Kier alpha value is -0.810. The third-order valence-corrected chi connectivity index (χ3v) is 2.16. The smallest absolute Gasteiger partial charge is 0.144 e. The van der Waals surface area contributed by atoms with Gasteiger partial charge in [-0.15, -0.1) is 11.8 Å². The number of hydrogen-bond acceptors (Lipinski definition) is 4. The van der Waals surface area contributed by atoms with Crippen LogP contribution in [0.25, 0.3) is 0 Å². The Morgan fingerprint density at radius 1 is 1.85 bits per heavy atom. The summed E-state index contributed by atoms with van der Waals surface area (Å²) < 4.78 is 0. The number of aromatic nitrogens is 2. The van der Waals surface area contributed by atoms with E-state index in [-0.39, 0.29) is 0 Å². The number of aliphatic hydroxyl groups is 1. The lowest BCUT2D eigenvalue weighted by atomic mass is 10.4.